The van der Waals surface area contributed by atoms with Crippen LogP contribution in [0.5, 0.6) is 11.5 Å². The molecule has 196 valence electrons. The first-order valence-electron chi connectivity index (χ1n) is 12.5. The largest absolute Gasteiger partial charge is 0.490 e. The van der Waals surface area contributed by atoms with Crippen LogP contribution in [0.15, 0.2) is 42.6 Å². The summed E-state index contributed by atoms with van der Waals surface area (Å²) in [5, 5.41) is 24.2. The summed E-state index contributed by atoms with van der Waals surface area (Å²) >= 11 is 0. The number of hydrogen-bond donors (Lipinski definition) is 3. The van der Waals surface area contributed by atoms with Crippen molar-refractivity contribution in [2.75, 3.05) is 65.7 Å². The topological polar surface area (TPSA) is 117 Å². The zero-order valence-electron chi connectivity index (χ0n) is 20.8. The molecule has 2 saturated heterocycles. The smallest absolute Gasteiger partial charge is 0.269 e. The minimum Gasteiger partial charge on any atom is -0.490 e. The van der Waals surface area contributed by atoms with Crippen molar-refractivity contribution in [3.8, 4) is 11.5 Å². The SMILES string of the molecule is CCOc1cc(CN2C[C@@H](O)[C@](O)(CNC(=O)c3ccccn3)C2)ccc1OCCN1CCOCC1. The Morgan fingerprint density at radius 3 is 2.78 bits per heavy atom. The lowest BCUT2D eigenvalue weighted by molar-refractivity contribution is -0.0377. The highest BCUT2D eigenvalue weighted by atomic mass is 16.5. The summed E-state index contributed by atoms with van der Waals surface area (Å²) < 4.78 is 17.2. The number of nitrogens with one attached hydrogen (secondary N) is 1. The minimum absolute atomic E-state index is 0.0693. The van der Waals surface area contributed by atoms with Crippen LogP contribution >= 0.6 is 0 Å². The lowest BCUT2D eigenvalue weighted by Gasteiger charge is -2.26. The fourth-order valence-corrected chi connectivity index (χ4v) is 4.49. The Bertz CT molecular complexity index is 988. The van der Waals surface area contributed by atoms with Crippen molar-refractivity contribution in [1.29, 1.82) is 0 Å². The number of ether oxygens (including phenoxy) is 3. The highest BCUT2D eigenvalue weighted by molar-refractivity contribution is 5.92. The van der Waals surface area contributed by atoms with E-state index in [9.17, 15) is 15.0 Å². The number of nitrogens with zero attached hydrogens (tertiary/aromatic N) is 3. The predicted octanol–water partition coefficient (Wildman–Crippen LogP) is 0.529. The zero-order valence-corrected chi connectivity index (χ0v) is 20.8. The molecule has 36 heavy (non-hydrogen) atoms. The van der Waals surface area contributed by atoms with Gasteiger partial charge in [0.2, 0.25) is 0 Å². The number of pyridine rings is 1. The van der Waals surface area contributed by atoms with E-state index in [1.54, 1.807) is 18.2 Å². The maximum atomic E-state index is 12.3. The molecule has 2 aromatic rings. The molecule has 2 aliphatic heterocycles. The van der Waals surface area contributed by atoms with E-state index < -0.39 is 11.7 Å². The summed E-state index contributed by atoms with van der Waals surface area (Å²) in [6.45, 7) is 8.15. The van der Waals surface area contributed by atoms with Gasteiger partial charge in [0.05, 0.1) is 32.5 Å². The molecule has 3 heterocycles. The number of carbonyl (C=O) groups excluding carboxylic acids is 1. The number of aliphatic hydroxyl groups is 2. The fraction of sp³-hybridized carbons (Fsp3) is 0.538. The molecule has 4 rings (SSSR count). The first-order valence-corrected chi connectivity index (χ1v) is 12.5. The molecule has 0 unspecified atom stereocenters. The highest BCUT2D eigenvalue weighted by Gasteiger charge is 2.44. The van der Waals surface area contributed by atoms with Crippen molar-refractivity contribution >= 4 is 5.91 Å². The predicted molar refractivity (Wildman–Crippen MR) is 133 cm³/mol. The van der Waals surface area contributed by atoms with E-state index in [1.807, 2.05) is 30.0 Å². The standard InChI is InChI=1S/C26H36N4O6/c1-2-35-23-15-20(6-7-22(23)36-14-11-29-9-12-34-13-10-29)16-30-17-24(31)26(33,19-30)18-28-25(32)21-5-3-4-8-27-21/h3-8,15,24,31,33H,2,9-14,16-19H2,1H3,(H,28,32)/t24-,26+/m1/s1. The first kappa shape index (κ1) is 26.3. The fourth-order valence-electron chi connectivity index (χ4n) is 4.49. The van der Waals surface area contributed by atoms with Gasteiger partial charge in [0.15, 0.2) is 11.5 Å². The van der Waals surface area contributed by atoms with Gasteiger partial charge in [0.1, 0.15) is 17.9 Å². The van der Waals surface area contributed by atoms with E-state index in [0.717, 1.165) is 38.4 Å². The van der Waals surface area contributed by atoms with Crippen LogP contribution in [-0.4, -0.2) is 108 Å². The Kier molecular flexibility index (Phi) is 9.11. The number of rotatable bonds is 11. The van der Waals surface area contributed by atoms with E-state index in [0.29, 0.717) is 31.3 Å². The van der Waals surface area contributed by atoms with Gasteiger partial charge >= 0.3 is 0 Å². The van der Waals surface area contributed by atoms with E-state index in [4.69, 9.17) is 14.2 Å². The number of aliphatic hydroxyl groups excluding tert-OH is 1. The summed E-state index contributed by atoms with van der Waals surface area (Å²) in [5.74, 6) is 0.985. The molecule has 3 N–H and O–H groups in total. The number of likely N-dealkylation sites (tertiary alicyclic amines) is 1. The molecule has 0 aliphatic carbocycles. The maximum Gasteiger partial charge on any atom is 0.269 e. The minimum atomic E-state index is -1.45. The van der Waals surface area contributed by atoms with Crippen molar-refractivity contribution in [3.63, 3.8) is 0 Å². The molecule has 10 nitrogen and oxygen atoms in total. The summed E-state index contributed by atoms with van der Waals surface area (Å²) in [6.07, 6.45) is 0.544. The van der Waals surface area contributed by atoms with Crippen LogP contribution in [0.1, 0.15) is 23.0 Å². The Labute approximate surface area is 211 Å². The van der Waals surface area contributed by atoms with Gasteiger partial charge in [-0.05, 0) is 36.8 Å². The first-order chi connectivity index (χ1) is 17.5. The Balaban J connectivity index is 1.31. The third kappa shape index (κ3) is 6.92. The number of morpholine rings is 1. The van der Waals surface area contributed by atoms with Crippen LogP contribution < -0.4 is 14.8 Å². The summed E-state index contributed by atoms with van der Waals surface area (Å²) in [5.41, 5.74) is -0.204. The Morgan fingerprint density at radius 2 is 2.03 bits per heavy atom. The molecule has 0 saturated carbocycles. The van der Waals surface area contributed by atoms with Gasteiger partial charge in [-0.2, -0.15) is 0 Å². The molecule has 1 amide bonds. The molecular weight excluding hydrogens is 464 g/mol. The van der Waals surface area contributed by atoms with E-state index in [1.165, 1.54) is 6.20 Å². The molecule has 10 heteroatoms. The maximum absolute atomic E-state index is 12.3. The third-order valence-corrected chi connectivity index (χ3v) is 6.48. The molecule has 0 bridgehead atoms. The normalized spacial score (nSPS) is 22.9. The van der Waals surface area contributed by atoms with E-state index in [-0.39, 0.29) is 31.2 Å². The zero-order chi connectivity index (χ0) is 25.4. The van der Waals surface area contributed by atoms with Crippen molar-refractivity contribution in [1.82, 2.24) is 20.1 Å². The van der Waals surface area contributed by atoms with Gasteiger partial charge in [-0.3, -0.25) is 19.6 Å². The number of benzene rings is 1. The van der Waals surface area contributed by atoms with Gasteiger partial charge in [-0.25, -0.2) is 0 Å². The van der Waals surface area contributed by atoms with E-state index >= 15 is 0 Å². The molecule has 1 aromatic carbocycles. The van der Waals surface area contributed by atoms with Gasteiger partial charge in [0, 0.05) is 45.5 Å². The molecule has 2 aliphatic rings. The second kappa shape index (κ2) is 12.5. The molecule has 2 fully saturated rings. The lowest BCUT2D eigenvalue weighted by atomic mass is 10.0. The van der Waals surface area contributed by atoms with Gasteiger partial charge in [-0.1, -0.05) is 12.1 Å². The van der Waals surface area contributed by atoms with Crippen LogP contribution in [0.2, 0.25) is 0 Å². The summed E-state index contributed by atoms with van der Waals surface area (Å²) in [6, 6.07) is 10.9. The number of amides is 1. The van der Waals surface area contributed by atoms with Gasteiger partial charge < -0.3 is 29.7 Å². The number of hydrogen-bond acceptors (Lipinski definition) is 9. The number of carbonyl (C=O) groups is 1. The Hall–Kier alpha value is -2.76. The molecule has 0 radical (unpaired) electrons. The van der Waals surface area contributed by atoms with Crippen LogP contribution in [-0.2, 0) is 11.3 Å². The highest BCUT2D eigenvalue weighted by Crippen LogP contribution is 2.30. The van der Waals surface area contributed by atoms with Crippen molar-refractivity contribution in [3.05, 3.63) is 53.9 Å². The van der Waals surface area contributed by atoms with Gasteiger partial charge in [-0.15, -0.1) is 0 Å². The van der Waals surface area contributed by atoms with Crippen LogP contribution in [0.3, 0.4) is 0 Å². The summed E-state index contributed by atoms with van der Waals surface area (Å²) in [4.78, 5) is 20.6. The van der Waals surface area contributed by atoms with Crippen LogP contribution in [0.4, 0.5) is 0 Å². The van der Waals surface area contributed by atoms with Crippen molar-refractivity contribution in [2.24, 2.45) is 0 Å². The number of β-amino-alcohol motifs (C(OH)–C–C–N with tert-alkyl or cyclic N) is 2. The third-order valence-electron chi connectivity index (χ3n) is 6.48. The second-order valence-electron chi connectivity index (χ2n) is 9.20. The molecule has 1 aromatic heterocycles. The second-order valence-corrected chi connectivity index (χ2v) is 9.20. The Morgan fingerprint density at radius 1 is 1.19 bits per heavy atom. The van der Waals surface area contributed by atoms with Crippen LogP contribution in [0, 0.1) is 0 Å². The number of aromatic nitrogens is 1. The average Bonchev–Trinajstić information content (AvgIpc) is 3.18. The van der Waals surface area contributed by atoms with Crippen molar-refractivity contribution in [2.45, 2.75) is 25.2 Å². The monoisotopic (exact) mass is 500 g/mol. The van der Waals surface area contributed by atoms with E-state index in [2.05, 4.69) is 15.2 Å². The van der Waals surface area contributed by atoms with Crippen LogP contribution in [0.25, 0.3) is 0 Å². The van der Waals surface area contributed by atoms with Gasteiger partial charge in [0.25, 0.3) is 5.91 Å². The summed E-state index contributed by atoms with van der Waals surface area (Å²) in [7, 11) is 0. The quantitative estimate of drug-likeness (QED) is 0.406. The molecule has 2 atom stereocenters. The molecular formula is C26H36N4O6. The molecule has 0 spiro atoms. The van der Waals surface area contributed by atoms with Crippen molar-refractivity contribution < 1.29 is 29.2 Å². The average molecular weight is 501 g/mol. The lowest BCUT2D eigenvalue weighted by Crippen LogP contribution is -2.51.